The monoisotopic (exact) mass is 320 g/mol. The Balaban J connectivity index is 1.94. The Kier molecular flexibility index (Phi) is 4.33. The molecular weight excluding hydrogens is 304 g/mol. The zero-order valence-corrected chi connectivity index (χ0v) is 13.4. The van der Waals surface area contributed by atoms with Gasteiger partial charge in [0.2, 0.25) is 0 Å². The van der Waals surface area contributed by atoms with E-state index in [1.165, 1.54) is 7.11 Å². The van der Waals surface area contributed by atoms with Crippen LogP contribution in [0.1, 0.15) is 32.1 Å². The number of nitrogens with zero attached hydrogens (tertiary/aromatic N) is 2. The van der Waals surface area contributed by atoms with Gasteiger partial charge in [-0.05, 0) is 36.2 Å². The molecule has 2 heterocycles. The normalized spacial score (nSPS) is 10.6. The van der Waals surface area contributed by atoms with Crippen LogP contribution in [0.2, 0.25) is 0 Å². The lowest BCUT2D eigenvalue weighted by atomic mass is 10.0. The summed E-state index contributed by atoms with van der Waals surface area (Å²) in [6, 6.07) is 12.8. The highest BCUT2D eigenvalue weighted by Gasteiger charge is 2.16. The second-order valence-electron chi connectivity index (χ2n) is 5.44. The first-order valence-electron chi connectivity index (χ1n) is 7.52. The lowest BCUT2D eigenvalue weighted by molar-refractivity contribution is 0.0593. The fraction of sp³-hybridized carbons (Fsp3) is 0.158. The number of para-hydroxylation sites is 1. The number of benzene rings is 1. The third-order valence-electron chi connectivity index (χ3n) is 3.85. The van der Waals surface area contributed by atoms with E-state index in [9.17, 15) is 9.59 Å². The average molecular weight is 320 g/mol. The van der Waals surface area contributed by atoms with Crippen LogP contribution < -0.4 is 0 Å². The molecule has 24 heavy (non-hydrogen) atoms. The second-order valence-corrected chi connectivity index (χ2v) is 5.44. The number of ether oxygens (including phenoxy) is 1. The number of carbonyl (C=O) groups is 2. The van der Waals surface area contributed by atoms with Crippen LogP contribution in [0.5, 0.6) is 0 Å². The molecule has 5 nitrogen and oxygen atoms in total. The minimum absolute atomic E-state index is 0.156. The van der Waals surface area contributed by atoms with E-state index in [0.717, 1.165) is 16.5 Å². The Hall–Kier alpha value is -3.08. The molecule has 0 N–H and O–H groups in total. The first-order chi connectivity index (χ1) is 11.6. The molecule has 0 spiro atoms. The number of esters is 1. The van der Waals surface area contributed by atoms with Crippen LogP contribution >= 0.6 is 0 Å². The van der Waals surface area contributed by atoms with Gasteiger partial charge in [0, 0.05) is 18.0 Å². The molecular formula is C19H16N2O3. The smallest absolute Gasteiger partial charge is 0.356 e. The number of aromatic nitrogens is 2. The van der Waals surface area contributed by atoms with Crippen molar-refractivity contribution in [1.82, 2.24) is 9.97 Å². The Morgan fingerprint density at radius 3 is 2.67 bits per heavy atom. The number of hydrogen-bond acceptors (Lipinski definition) is 5. The van der Waals surface area contributed by atoms with Crippen LogP contribution in [0.15, 0.2) is 48.7 Å². The third kappa shape index (κ3) is 3.01. The van der Waals surface area contributed by atoms with Crippen molar-refractivity contribution in [2.45, 2.75) is 13.3 Å². The molecule has 0 radical (unpaired) electrons. The van der Waals surface area contributed by atoms with Crippen LogP contribution in [0.3, 0.4) is 0 Å². The molecule has 0 unspecified atom stereocenters. The van der Waals surface area contributed by atoms with E-state index >= 15 is 0 Å². The van der Waals surface area contributed by atoms with Crippen molar-refractivity contribution >= 4 is 22.7 Å². The molecule has 0 aliphatic carbocycles. The maximum atomic E-state index is 12.6. The highest BCUT2D eigenvalue weighted by Crippen LogP contribution is 2.18. The van der Waals surface area contributed by atoms with Gasteiger partial charge >= 0.3 is 5.97 Å². The standard InChI is InChI=1S/C19H16N2O3/c1-12-7-8-16(21-18(12)19(23)24-2)17(22)11-13-9-10-20-15-6-4-3-5-14(13)15/h3-10H,11H2,1-2H3. The Morgan fingerprint density at radius 2 is 1.88 bits per heavy atom. The van der Waals surface area contributed by atoms with E-state index in [-0.39, 0.29) is 23.6 Å². The van der Waals surface area contributed by atoms with Crippen LogP contribution in [-0.2, 0) is 11.2 Å². The van der Waals surface area contributed by atoms with E-state index in [0.29, 0.717) is 5.56 Å². The number of aryl methyl sites for hydroxylation is 1. The van der Waals surface area contributed by atoms with Gasteiger partial charge < -0.3 is 4.74 Å². The first kappa shape index (κ1) is 15.8. The van der Waals surface area contributed by atoms with E-state index < -0.39 is 5.97 Å². The highest BCUT2D eigenvalue weighted by atomic mass is 16.5. The molecule has 0 aliphatic heterocycles. The zero-order chi connectivity index (χ0) is 17.1. The highest BCUT2D eigenvalue weighted by molar-refractivity contribution is 5.99. The van der Waals surface area contributed by atoms with Crippen molar-refractivity contribution < 1.29 is 14.3 Å². The van der Waals surface area contributed by atoms with Crippen LogP contribution in [0.25, 0.3) is 10.9 Å². The lowest BCUT2D eigenvalue weighted by Crippen LogP contribution is -2.13. The van der Waals surface area contributed by atoms with E-state index in [2.05, 4.69) is 9.97 Å². The molecule has 3 aromatic rings. The molecule has 0 bridgehead atoms. The number of Topliss-reactive ketones (excluding diaryl/α,β-unsaturated/α-hetero) is 1. The second kappa shape index (κ2) is 6.58. The third-order valence-corrected chi connectivity index (χ3v) is 3.85. The van der Waals surface area contributed by atoms with Gasteiger partial charge in [0.15, 0.2) is 11.5 Å². The number of carbonyl (C=O) groups excluding carboxylic acids is 2. The van der Waals surface area contributed by atoms with Gasteiger partial charge in [0.05, 0.1) is 12.6 Å². The Bertz CT molecular complexity index is 930. The fourth-order valence-corrected chi connectivity index (χ4v) is 2.56. The largest absolute Gasteiger partial charge is 0.464 e. The van der Waals surface area contributed by atoms with Gasteiger partial charge in [-0.25, -0.2) is 9.78 Å². The number of fused-ring (bicyclic) bond motifs is 1. The van der Waals surface area contributed by atoms with Crippen molar-refractivity contribution in [2.24, 2.45) is 0 Å². The summed E-state index contributed by atoms with van der Waals surface area (Å²) in [7, 11) is 1.29. The molecule has 120 valence electrons. The van der Waals surface area contributed by atoms with Crippen LogP contribution in [0.4, 0.5) is 0 Å². The maximum Gasteiger partial charge on any atom is 0.356 e. The topological polar surface area (TPSA) is 69.2 Å². The molecule has 0 aliphatic rings. The van der Waals surface area contributed by atoms with Gasteiger partial charge in [-0.3, -0.25) is 9.78 Å². The summed E-state index contributed by atoms with van der Waals surface area (Å²) < 4.78 is 4.71. The van der Waals surface area contributed by atoms with E-state index in [4.69, 9.17) is 4.74 Å². The van der Waals surface area contributed by atoms with Crippen molar-refractivity contribution in [2.75, 3.05) is 7.11 Å². The Morgan fingerprint density at radius 1 is 1.08 bits per heavy atom. The number of pyridine rings is 2. The fourth-order valence-electron chi connectivity index (χ4n) is 2.56. The van der Waals surface area contributed by atoms with Crippen molar-refractivity contribution in [3.63, 3.8) is 0 Å². The first-order valence-corrected chi connectivity index (χ1v) is 7.52. The minimum atomic E-state index is -0.545. The van der Waals surface area contributed by atoms with Gasteiger partial charge in [-0.2, -0.15) is 0 Å². The molecule has 0 saturated carbocycles. The number of methoxy groups -OCH3 is 1. The predicted octanol–water partition coefficient (Wildman–Crippen LogP) is 3.15. The Labute approximate surface area is 139 Å². The van der Waals surface area contributed by atoms with Crippen molar-refractivity contribution in [3.05, 3.63) is 71.2 Å². The summed E-state index contributed by atoms with van der Waals surface area (Å²) in [5.74, 6) is -0.701. The van der Waals surface area contributed by atoms with Gasteiger partial charge in [-0.1, -0.05) is 24.3 Å². The van der Waals surface area contributed by atoms with Crippen molar-refractivity contribution in [1.29, 1.82) is 0 Å². The summed E-state index contributed by atoms with van der Waals surface area (Å²) in [5.41, 5.74) is 2.82. The summed E-state index contributed by atoms with van der Waals surface area (Å²) in [6.07, 6.45) is 1.88. The molecule has 2 aromatic heterocycles. The molecule has 0 atom stereocenters. The SMILES string of the molecule is COC(=O)c1nc(C(=O)Cc2ccnc3ccccc23)ccc1C. The van der Waals surface area contributed by atoms with Crippen LogP contribution in [0, 0.1) is 6.92 Å². The summed E-state index contributed by atoms with van der Waals surface area (Å²) in [6.45, 7) is 1.75. The lowest BCUT2D eigenvalue weighted by Gasteiger charge is -2.07. The van der Waals surface area contributed by atoms with Crippen molar-refractivity contribution in [3.8, 4) is 0 Å². The zero-order valence-electron chi connectivity index (χ0n) is 13.4. The molecule has 0 fully saturated rings. The van der Waals surface area contributed by atoms with Gasteiger partial charge in [0.1, 0.15) is 5.69 Å². The molecule has 5 heteroatoms. The summed E-state index contributed by atoms with van der Waals surface area (Å²) in [5, 5.41) is 0.939. The number of ketones is 1. The molecule has 1 aromatic carbocycles. The van der Waals surface area contributed by atoms with E-state index in [1.54, 1.807) is 25.3 Å². The predicted molar refractivity (Wildman–Crippen MR) is 90.1 cm³/mol. The van der Waals surface area contributed by atoms with Gasteiger partial charge in [-0.15, -0.1) is 0 Å². The maximum absolute atomic E-state index is 12.6. The van der Waals surface area contributed by atoms with E-state index in [1.807, 2.05) is 30.3 Å². The number of hydrogen-bond donors (Lipinski definition) is 0. The average Bonchev–Trinajstić information content (AvgIpc) is 2.61. The minimum Gasteiger partial charge on any atom is -0.464 e. The quantitative estimate of drug-likeness (QED) is 0.545. The molecule has 0 saturated heterocycles. The summed E-state index contributed by atoms with van der Waals surface area (Å²) in [4.78, 5) is 32.8. The van der Waals surface area contributed by atoms with Crippen LogP contribution in [-0.4, -0.2) is 28.8 Å². The molecule has 0 amide bonds. The molecule has 3 rings (SSSR count). The summed E-state index contributed by atoms with van der Waals surface area (Å²) >= 11 is 0. The number of rotatable bonds is 4. The van der Waals surface area contributed by atoms with Gasteiger partial charge in [0.25, 0.3) is 0 Å².